The zero-order valence-corrected chi connectivity index (χ0v) is 20.3. The van der Waals surface area contributed by atoms with Gasteiger partial charge >= 0.3 is 0 Å². The molecule has 9 heteroatoms. The van der Waals surface area contributed by atoms with E-state index in [9.17, 15) is 17.6 Å². The van der Waals surface area contributed by atoms with Gasteiger partial charge < -0.3 is 14.8 Å². The molecule has 4 rings (SSSR count). The lowest BCUT2D eigenvalue weighted by atomic mass is 9.92. The second-order valence-corrected chi connectivity index (χ2v) is 11.1. The number of benzene rings is 2. The molecule has 0 bridgehead atoms. The molecule has 1 saturated heterocycles. The number of fused-ring (bicyclic) bond motifs is 1. The van der Waals surface area contributed by atoms with Crippen LogP contribution in [0.4, 0.5) is 4.39 Å². The van der Waals surface area contributed by atoms with E-state index in [0.717, 1.165) is 24.1 Å². The Balaban J connectivity index is 1.40. The quantitative estimate of drug-likeness (QED) is 0.664. The van der Waals surface area contributed by atoms with Gasteiger partial charge in [0.1, 0.15) is 5.82 Å². The molecule has 0 aromatic heterocycles. The maximum Gasteiger partial charge on any atom is 0.243 e. The van der Waals surface area contributed by atoms with E-state index in [1.807, 2.05) is 32.0 Å². The van der Waals surface area contributed by atoms with Crippen LogP contribution in [0.2, 0.25) is 0 Å². The summed E-state index contributed by atoms with van der Waals surface area (Å²) in [6, 6.07) is 10.4. The van der Waals surface area contributed by atoms with E-state index in [0.29, 0.717) is 37.6 Å². The molecule has 0 saturated carbocycles. The fraction of sp³-hybridized carbons (Fsp3) is 0.480. The highest BCUT2D eigenvalue weighted by Crippen LogP contribution is 2.34. The minimum absolute atomic E-state index is 0.0612. The molecule has 1 amide bonds. The number of nitrogens with one attached hydrogen (secondary N) is 1. The van der Waals surface area contributed by atoms with Crippen LogP contribution in [0.15, 0.2) is 47.4 Å². The van der Waals surface area contributed by atoms with Gasteiger partial charge in [-0.05, 0) is 60.7 Å². The molecule has 2 aromatic rings. The smallest absolute Gasteiger partial charge is 0.243 e. The van der Waals surface area contributed by atoms with Gasteiger partial charge in [-0.2, -0.15) is 4.31 Å². The van der Waals surface area contributed by atoms with Crippen LogP contribution in [0.3, 0.4) is 0 Å². The van der Waals surface area contributed by atoms with Gasteiger partial charge in [0.2, 0.25) is 15.9 Å². The van der Waals surface area contributed by atoms with E-state index < -0.39 is 15.8 Å². The monoisotopic (exact) mass is 490 g/mol. The van der Waals surface area contributed by atoms with E-state index in [1.165, 1.54) is 16.4 Å². The van der Waals surface area contributed by atoms with Gasteiger partial charge in [0.15, 0.2) is 11.5 Å². The number of carbonyl (C=O) groups is 1. The summed E-state index contributed by atoms with van der Waals surface area (Å²) in [6.07, 6.45) is 1.68. The number of piperidine rings is 1. The van der Waals surface area contributed by atoms with Crippen molar-refractivity contribution in [2.45, 2.75) is 44.0 Å². The molecule has 2 aliphatic rings. The topological polar surface area (TPSA) is 84.9 Å². The maximum absolute atomic E-state index is 13.2. The number of sulfonamides is 1. The number of carbonyl (C=O) groups excluding carboxylic acids is 1. The van der Waals surface area contributed by atoms with Crippen molar-refractivity contribution in [2.24, 2.45) is 11.8 Å². The Kier molecular flexibility index (Phi) is 7.42. The number of ether oxygens (including phenoxy) is 2. The molecule has 1 atom stereocenters. The highest BCUT2D eigenvalue weighted by Gasteiger charge is 2.33. The van der Waals surface area contributed by atoms with Crippen LogP contribution in [0.25, 0.3) is 0 Å². The molecule has 1 unspecified atom stereocenters. The fourth-order valence-corrected chi connectivity index (χ4v) is 5.86. The van der Waals surface area contributed by atoms with Crippen LogP contribution in [0, 0.1) is 17.7 Å². The highest BCUT2D eigenvalue weighted by molar-refractivity contribution is 7.89. The molecular formula is C25H31FN2O5S. The first-order chi connectivity index (χ1) is 16.3. The van der Waals surface area contributed by atoms with E-state index in [2.05, 4.69) is 5.32 Å². The van der Waals surface area contributed by atoms with Crippen molar-refractivity contribution in [1.82, 2.24) is 9.62 Å². The summed E-state index contributed by atoms with van der Waals surface area (Å²) in [5.41, 5.74) is 0.948. The summed E-state index contributed by atoms with van der Waals surface area (Å²) in [4.78, 5) is 13.2. The van der Waals surface area contributed by atoms with E-state index in [-0.39, 0.29) is 41.8 Å². The molecule has 7 nitrogen and oxygen atoms in total. The molecule has 1 N–H and O–H groups in total. The molecular weight excluding hydrogens is 459 g/mol. The Bertz CT molecular complexity index is 1110. The largest absolute Gasteiger partial charge is 0.490 e. The molecule has 2 aliphatic heterocycles. The highest BCUT2D eigenvalue weighted by atomic mass is 32.2. The first-order valence-electron chi connectivity index (χ1n) is 11.7. The molecule has 1 fully saturated rings. The molecule has 0 radical (unpaired) electrons. The zero-order valence-electron chi connectivity index (χ0n) is 19.5. The molecule has 0 spiro atoms. The predicted molar refractivity (Wildman–Crippen MR) is 126 cm³/mol. The maximum atomic E-state index is 13.2. The summed E-state index contributed by atoms with van der Waals surface area (Å²) in [6.45, 7) is 5.79. The van der Waals surface area contributed by atoms with Crippen molar-refractivity contribution in [3.8, 4) is 11.5 Å². The van der Waals surface area contributed by atoms with Crippen molar-refractivity contribution < 1.29 is 27.1 Å². The van der Waals surface area contributed by atoms with Crippen LogP contribution >= 0.6 is 0 Å². The third-order valence-electron chi connectivity index (χ3n) is 6.37. The first-order valence-corrected chi connectivity index (χ1v) is 13.2. The zero-order chi connectivity index (χ0) is 24.3. The van der Waals surface area contributed by atoms with Crippen molar-refractivity contribution in [3.63, 3.8) is 0 Å². The van der Waals surface area contributed by atoms with Crippen LogP contribution in [0.5, 0.6) is 11.5 Å². The Labute approximate surface area is 200 Å². The van der Waals surface area contributed by atoms with Crippen LogP contribution in [-0.2, 0) is 14.8 Å². The van der Waals surface area contributed by atoms with Gasteiger partial charge in [-0.15, -0.1) is 0 Å². The standard InChI is InChI=1S/C25H31FN2O5S/c1-17(2)24(19-4-9-22-23(16-19)33-15-3-14-32-22)27-25(29)18-10-12-28(13-11-18)34(30,31)21-7-5-20(26)6-8-21/h4-9,16-18,24H,3,10-15H2,1-2H3,(H,27,29). The second-order valence-electron chi connectivity index (χ2n) is 9.12. The van der Waals surface area contributed by atoms with Crippen molar-refractivity contribution in [2.75, 3.05) is 26.3 Å². The van der Waals surface area contributed by atoms with Gasteiger partial charge in [0.25, 0.3) is 0 Å². The normalized spacial score (nSPS) is 18.4. The number of rotatable bonds is 6. The molecule has 2 aromatic carbocycles. The second kappa shape index (κ2) is 10.3. The van der Waals surface area contributed by atoms with Crippen LogP contribution in [0.1, 0.15) is 44.7 Å². The Morgan fingerprint density at radius 3 is 2.32 bits per heavy atom. The Hall–Kier alpha value is -2.65. The molecule has 2 heterocycles. The Morgan fingerprint density at radius 2 is 1.68 bits per heavy atom. The van der Waals surface area contributed by atoms with E-state index in [1.54, 1.807) is 0 Å². The van der Waals surface area contributed by atoms with Gasteiger partial charge in [-0.25, -0.2) is 12.8 Å². The number of hydrogen-bond donors (Lipinski definition) is 1. The summed E-state index contributed by atoms with van der Waals surface area (Å²) in [5, 5.41) is 3.17. The lowest BCUT2D eigenvalue weighted by Crippen LogP contribution is -2.44. The number of amides is 1. The summed E-state index contributed by atoms with van der Waals surface area (Å²) < 4.78 is 51.8. The van der Waals surface area contributed by atoms with Crippen LogP contribution in [-0.4, -0.2) is 44.9 Å². The molecule has 184 valence electrons. The third-order valence-corrected chi connectivity index (χ3v) is 8.28. The first kappa shape index (κ1) is 24.5. The third kappa shape index (κ3) is 5.36. The van der Waals surface area contributed by atoms with E-state index in [4.69, 9.17) is 9.47 Å². The summed E-state index contributed by atoms with van der Waals surface area (Å²) in [5.74, 6) is 0.709. The van der Waals surface area contributed by atoms with Gasteiger partial charge in [-0.1, -0.05) is 19.9 Å². The van der Waals surface area contributed by atoms with E-state index >= 15 is 0 Å². The average molecular weight is 491 g/mol. The van der Waals surface area contributed by atoms with Gasteiger partial charge in [0.05, 0.1) is 24.2 Å². The molecule has 34 heavy (non-hydrogen) atoms. The molecule has 0 aliphatic carbocycles. The van der Waals surface area contributed by atoms with Gasteiger partial charge in [0, 0.05) is 25.4 Å². The number of nitrogens with zero attached hydrogens (tertiary/aromatic N) is 1. The fourth-order valence-electron chi connectivity index (χ4n) is 4.39. The van der Waals surface area contributed by atoms with Gasteiger partial charge in [-0.3, -0.25) is 4.79 Å². The van der Waals surface area contributed by atoms with Crippen LogP contribution < -0.4 is 14.8 Å². The lowest BCUT2D eigenvalue weighted by Gasteiger charge is -2.32. The summed E-state index contributed by atoms with van der Waals surface area (Å²) >= 11 is 0. The minimum Gasteiger partial charge on any atom is -0.490 e. The SMILES string of the molecule is CC(C)C(NC(=O)C1CCN(S(=O)(=O)c2ccc(F)cc2)CC1)c1ccc2c(c1)OCCCO2. The van der Waals surface area contributed by atoms with Crippen molar-refractivity contribution >= 4 is 15.9 Å². The van der Waals surface area contributed by atoms with Crippen molar-refractivity contribution in [3.05, 3.63) is 53.8 Å². The van der Waals surface area contributed by atoms with Crippen molar-refractivity contribution in [1.29, 1.82) is 0 Å². The predicted octanol–water partition coefficient (Wildman–Crippen LogP) is 3.90. The number of hydrogen-bond acceptors (Lipinski definition) is 5. The average Bonchev–Trinajstić information content (AvgIpc) is 3.07. The number of halogens is 1. The minimum atomic E-state index is -3.71. The summed E-state index contributed by atoms with van der Waals surface area (Å²) in [7, 11) is -3.71. The Morgan fingerprint density at radius 1 is 1.03 bits per heavy atom. The lowest BCUT2D eigenvalue weighted by molar-refractivity contribution is -0.127.